The fraction of sp³-hybridized carbons (Fsp3) is 0.190. The molecule has 0 aliphatic heterocycles. The number of anilines is 1. The van der Waals surface area contributed by atoms with Crippen LogP contribution in [0.15, 0.2) is 66.3 Å². The molecular weight excluding hydrogens is 408 g/mol. The molecule has 0 atom stereocenters. The Morgan fingerprint density at radius 1 is 1.21 bits per heavy atom. The quantitative estimate of drug-likeness (QED) is 0.387. The van der Waals surface area contributed by atoms with Crippen LogP contribution in [0, 0.1) is 0 Å². The summed E-state index contributed by atoms with van der Waals surface area (Å²) < 4.78 is 7.42. The molecule has 3 aromatic rings. The van der Waals surface area contributed by atoms with Crippen LogP contribution in [0.4, 0.5) is 5.69 Å². The van der Waals surface area contributed by atoms with Crippen LogP contribution in [-0.4, -0.2) is 33.0 Å². The second-order valence-electron chi connectivity index (χ2n) is 6.01. The predicted octanol–water partition coefficient (Wildman–Crippen LogP) is 4.91. The number of aromatic nitrogens is 3. The summed E-state index contributed by atoms with van der Waals surface area (Å²) in [6, 6.07) is 14.7. The molecule has 0 aliphatic carbocycles. The molecule has 29 heavy (non-hydrogen) atoms. The van der Waals surface area contributed by atoms with Crippen molar-refractivity contribution < 1.29 is 9.53 Å². The van der Waals surface area contributed by atoms with Gasteiger partial charge in [0, 0.05) is 22.8 Å². The number of ether oxygens (including phenoxy) is 1. The average molecular weight is 429 g/mol. The van der Waals surface area contributed by atoms with Crippen molar-refractivity contribution in [1.82, 2.24) is 14.8 Å². The van der Waals surface area contributed by atoms with Gasteiger partial charge in [0.05, 0.1) is 12.4 Å². The van der Waals surface area contributed by atoms with Crippen LogP contribution in [0.3, 0.4) is 0 Å². The summed E-state index contributed by atoms with van der Waals surface area (Å²) >= 11 is 7.19. The first kappa shape index (κ1) is 21.0. The third-order valence-corrected chi connectivity index (χ3v) is 5.13. The van der Waals surface area contributed by atoms with Gasteiger partial charge in [0.2, 0.25) is 5.91 Å². The fourth-order valence-corrected chi connectivity index (χ4v) is 3.50. The molecule has 0 bridgehead atoms. The minimum atomic E-state index is -0.131. The maximum atomic E-state index is 12.3. The minimum absolute atomic E-state index is 0.131. The van der Waals surface area contributed by atoms with Gasteiger partial charge in [-0.2, -0.15) is 0 Å². The zero-order chi connectivity index (χ0) is 20.6. The SMILES string of the molecule is C=CCn1c(SCC(=O)Nc2ccc(Cl)cc2)nnc1-c1ccc(OCC)cc1. The molecule has 6 nitrogen and oxygen atoms in total. The molecular formula is C21H21ClN4O2S. The van der Waals surface area contributed by atoms with Crippen LogP contribution >= 0.6 is 23.4 Å². The fourth-order valence-electron chi connectivity index (χ4n) is 2.63. The van der Waals surface area contributed by atoms with Crippen molar-refractivity contribution in [3.63, 3.8) is 0 Å². The Morgan fingerprint density at radius 2 is 1.93 bits per heavy atom. The summed E-state index contributed by atoms with van der Waals surface area (Å²) in [6.45, 7) is 6.91. The first-order valence-electron chi connectivity index (χ1n) is 9.06. The van der Waals surface area contributed by atoms with E-state index in [2.05, 4.69) is 22.1 Å². The van der Waals surface area contributed by atoms with Crippen LogP contribution in [0.2, 0.25) is 5.02 Å². The van der Waals surface area contributed by atoms with Crippen molar-refractivity contribution in [2.45, 2.75) is 18.6 Å². The maximum absolute atomic E-state index is 12.3. The number of nitrogens with one attached hydrogen (secondary N) is 1. The highest BCUT2D eigenvalue weighted by molar-refractivity contribution is 7.99. The molecule has 3 rings (SSSR count). The third kappa shape index (κ3) is 5.62. The van der Waals surface area contributed by atoms with Gasteiger partial charge in [-0.05, 0) is 55.5 Å². The molecule has 0 radical (unpaired) electrons. The number of benzene rings is 2. The van der Waals surface area contributed by atoms with E-state index in [4.69, 9.17) is 16.3 Å². The number of hydrogen-bond acceptors (Lipinski definition) is 5. The zero-order valence-electron chi connectivity index (χ0n) is 16.0. The van der Waals surface area contributed by atoms with Gasteiger partial charge < -0.3 is 10.1 Å². The van der Waals surface area contributed by atoms with Crippen molar-refractivity contribution in [3.8, 4) is 17.1 Å². The molecule has 2 aromatic carbocycles. The lowest BCUT2D eigenvalue weighted by Gasteiger charge is -2.09. The van der Waals surface area contributed by atoms with E-state index in [1.165, 1.54) is 11.8 Å². The van der Waals surface area contributed by atoms with Crippen molar-refractivity contribution in [1.29, 1.82) is 0 Å². The number of allylic oxidation sites excluding steroid dienone is 1. The number of nitrogens with zero attached hydrogens (tertiary/aromatic N) is 3. The molecule has 1 amide bonds. The number of thioether (sulfide) groups is 1. The molecule has 1 heterocycles. The second-order valence-corrected chi connectivity index (χ2v) is 7.39. The Kier molecular flexibility index (Phi) is 7.32. The Labute approximate surface area is 178 Å². The molecule has 0 aliphatic rings. The van der Waals surface area contributed by atoms with Crippen molar-refractivity contribution >= 4 is 35.0 Å². The van der Waals surface area contributed by atoms with E-state index < -0.39 is 0 Å². The second kappa shape index (κ2) is 10.1. The molecule has 0 fully saturated rings. The van der Waals surface area contributed by atoms with Gasteiger partial charge in [0.1, 0.15) is 5.75 Å². The molecule has 1 N–H and O–H groups in total. The Bertz CT molecular complexity index is 971. The number of rotatable bonds is 9. The monoisotopic (exact) mass is 428 g/mol. The number of carbonyl (C=O) groups is 1. The van der Waals surface area contributed by atoms with Gasteiger partial charge in [0.15, 0.2) is 11.0 Å². The molecule has 0 saturated carbocycles. The molecule has 0 unspecified atom stereocenters. The summed E-state index contributed by atoms with van der Waals surface area (Å²) in [4.78, 5) is 12.3. The van der Waals surface area contributed by atoms with Gasteiger partial charge in [0.25, 0.3) is 0 Å². The highest BCUT2D eigenvalue weighted by Gasteiger charge is 2.15. The van der Waals surface area contributed by atoms with E-state index in [1.54, 1.807) is 30.3 Å². The number of carbonyl (C=O) groups excluding carboxylic acids is 1. The smallest absolute Gasteiger partial charge is 0.234 e. The Balaban J connectivity index is 1.70. The van der Waals surface area contributed by atoms with Gasteiger partial charge in [-0.15, -0.1) is 16.8 Å². The first-order chi connectivity index (χ1) is 14.1. The maximum Gasteiger partial charge on any atom is 0.234 e. The van der Waals surface area contributed by atoms with Gasteiger partial charge >= 0.3 is 0 Å². The minimum Gasteiger partial charge on any atom is -0.494 e. The number of halogens is 1. The van der Waals surface area contributed by atoms with Crippen LogP contribution in [0.25, 0.3) is 11.4 Å². The predicted molar refractivity (Wildman–Crippen MR) is 118 cm³/mol. The lowest BCUT2D eigenvalue weighted by Crippen LogP contribution is -2.14. The number of hydrogen-bond donors (Lipinski definition) is 1. The standard InChI is InChI=1S/C21H21ClN4O2S/c1-3-13-26-20(15-5-11-18(12-6-15)28-4-2)24-25-21(26)29-14-19(27)23-17-9-7-16(22)8-10-17/h3,5-12H,1,4,13-14H2,2H3,(H,23,27). The van der Waals surface area contributed by atoms with Crippen LogP contribution in [0.1, 0.15) is 6.92 Å². The summed E-state index contributed by atoms with van der Waals surface area (Å²) in [5.41, 5.74) is 1.61. The van der Waals surface area contributed by atoms with E-state index in [9.17, 15) is 4.79 Å². The van der Waals surface area contributed by atoms with E-state index in [1.807, 2.05) is 35.8 Å². The summed E-state index contributed by atoms with van der Waals surface area (Å²) in [5.74, 6) is 1.60. The lowest BCUT2D eigenvalue weighted by atomic mass is 10.2. The van der Waals surface area contributed by atoms with E-state index in [0.717, 1.165) is 11.3 Å². The average Bonchev–Trinajstić information content (AvgIpc) is 3.12. The molecule has 0 saturated heterocycles. The van der Waals surface area contributed by atoms with Crippen molar-refractivity contribution in [2.75, 3.05) is 17.7 Å². The summed E-state index contributed by atoms with van der Waals surface area (Å²) in [6.07, 6.45) is 1.78. The van der Waals surface area contributed by atoms with Gasteiger partial charge in [-0.1, -0.05) is 29.4 Å². The van der Waals surface area contributed by atoms with Crippen LogP contribution < -0.4 is 10.1 Å². The first-order valence-corrected chi connectivity index (χ1v) is 10.4. The Morgan fingerprint density at radius 3 is 2.59 bits per heavy atom. The van der Waals surface area contributed by atoms with E-state index >= 15 is 0 Å². The highest BCUT2D eigenvalue weighted by Crippen LogP contribution is 2.26. The normalized spacial score (nSPS) is 10.6. The molecule has 1 aromatic heterocycles. The van der Waals surface area contributed by atoms with Crippen molar-refractivity contribution in [3.05, 3.63) is 66.2 Å². The number of amides is 1. The zero-order valence-corrected chi connectivity index (χ0v) is 17.5. The largest absolute Gasteiger partial charge is 0.494 e. The Hall–Kier alpha value is -2.77. The third-order valence-electron chi connectivity index (χ3n) is 3.91. The molecule has 150 valence electrons. The van der Waals surface area contributed by atoms with Crippen molar-refractivity contribution in [2.24, 2.45) is 0 Å². The molecule has 0 spiro atoms. The summed E-state index contributed by atoms with van der Waals surface area (Å²) in [5, 5.41) is 12.7. The van der Waals surface area contributed by atoms with Gasteiger partial charge in [-0.3, -0.25) is 9.36 Å². The van der Waals surface area contributed by atoms with Crippen LogP contribution in [-0.2, 0) is 11.3 Å². The molecule has 8 heteroatoms. The highest BCUT2D eigenvalue weighted by atomic mass is 35.5. The topological polar surface area (TPSA) is 69.0 Å². The summed E-state index contributed by atoms with van der Waals surface area (Å²) in [7, 11) is 0. The van der Waals surface area contributed by atoms with Crippen LogP contribution in [0.5, 0.6) is 5.75 Å². The lowest BCUT2D eigenvalue weighted by molar-refractivity contribution is -0.113. The van der Waals surface area contributed by atoms with E-state index in [0.29, 0.717) is 34.8 Å². The van der Waals surface area contributed by atoms with E-state index in [-0.39, 0.29) is 11.7 Å². The van der Waals surface area contributed by atoms with Gasteiger partial charge in [-0.25, -0.2) is 0 Å².